The quantitative estimate of drug-likeness (QED) is 0.328. The first-order chi connectivity index (χ1) is 9.40. The predicted molar refractivity (Wildman–Crippen MR) is 75.8 cm³/mol. The summed E-state index contributed by atoms with van der Waals surface area (Å²) in [6, 6.07) is 0. The summed E-state index contributed by atoms with van der Waals surface area (Å²) in [5.41, 5.74) is 0. The van der Waals surface area contributed by atoms with Crippen molar-refractivity contribution in [1.82, 2.24) is 0 Å². The first kappa shape index (κ1) is 19.1. The standard InChI is InChI=1S/C15H28O5/c1-3-4-5-6-7-8-9-10-11-12-14(17)20-15(18,19)13(2)16/h18-19H,3-12H2,1-2H3. The van der Waals surface area contributed by atoms with Crippen molar-refractivity contribution < 1.29 is 24.5 Å². The fourth-order valence-electron chi connectivity index (χ4n) is 1.86. The van der Waals surface area contributed by atoms with Crippen LogP contribution in [0.15, 0.2) is 0 Å². The first-order valence-electron chi connectivity index (χ1n) is 7.57. The number of carbonyl (C=O) groups excluding carboxylic acids is 2. The van der Waals surface area contributed by atoms with Crippen LogP contribution in [0.25, 0.3) is 0 Å². The number of rotatable bonds is 12. The molecule has 0 fully saturated rings. The van der Waals surface area contributed by atoms with Gasteiger partial charge in [-0.25, -0.2) is 0 Å². The third-order valence-corrected chi connectivity index (χ3v) is 3.20. The molecule has 20 heavy (non-hydrogen) atoms. The molecule has 0 unspecified atom stereocenters. The summed E-state index contributed by atoms with van der Waals surface area (Å²) >= 11 is 0. The van der Waals surface area contributed by atoms with Crippen LogP contribution in [0.5, 0.6) is 0 Å². The van der Waals surface area contributed by atoms with E-state index in [-0.39, 0.29) is 6.42 Å². The monoisotopic (exact) mass is 288 g/mol. The van der Waals surface area contributed by atoms with E-state index in [0.29, 0.717) is 6.42 Å². The van der Waals surface area contributed by atoms with Crippen molar-refractivity contribution in [3.8, 4) is 0 Å². The summed E-state index contributed by atoms with van der Waals surface area (Å²) in [5, 5.41) is 18.1. The average molecular weight is 288 g/mol. The van der Waals surface area contributed by atoms with Gasteiger partial charge in [0.25, 0.3) is 0 Å². The Morgan fingerprint density at radius 3 is 1.80 bits per heavy atom. The van der Waals surface area contributed by atoms with Crippen LogP contribution >= 0.6 is 0 Å². The van der Waals surface area contributed by atoms with Crippen LogP contribution in [0.2, 0.25) is 0 Å². The molecule has 0 bridgehead atoms. The van der Waals surface area contributed by atoms with Gasteiger partial charge in [0.05, 0.1) is 0 Å². The van der Waals surface area contributed by atoms with E-state index in [1.807, 2.05) is 0 Å². The number of aliphatic hydroxyl groups is 2. The minimum absolute atomic E-state index is 0.103. The lowest BCUT2D eigenvalue weighted by Gasteiger charge is -2.17. The van der Waals surface area contributed by atoms with Gasteiger partial charge >= 0.3 is 11.9 Å². The second kappa shape index (κ2) is 10.8. The number of ether oxygens (including phenoxy) is 1. The maximum atomic E-state index is 11.3. The van der Waals surface area contributed by atoms with Gasteiger partial charge in [0.2, 0.25) is 5.78 Å². The van der Waals surface area contributed by atoms with E-state index in [9.17, 15) is 9.59 Å². The molecule has 0 spiro atoms. The lowest BCUT2D eigenvalue weighted by atomic mass is 10.1. The van der Waals surface area contributed by atoms with E-state index in [1.54, 1.807) is 0 Å². The zero-order valence-corrected chi connectivity index (χ0v) is 12.7. The van der Waals surface area contributed by atoms with Crippen molar-refractivity contribution >= 4 is 11.8 Å². The minimum Gasteiger partial charge on any atom is -0.402 e. The van der Waals surface area contributed by atoms with Crippen molar-refractivity contribution in [2.75, 3.05) is 0 Å². The molecular weight excluding hydrogens is 260 g/mol. The first-order valence-corrected chi connectivity index (χ1v) is 7.57. The highest BCUT2D eigenvalue weighted by molar-refractivity contribution is 5.84. The predicted octanol–water partition coefficient (Wildman–Crippen LogP) is 2.68. The molecule has 0 rings (SSSR count). The lowest BCUT2D eigenvalue weighted by Crippen LogP contribution is -2.41. The molecule has 0 aliphatic heterocycles. The van der Waals surface area contributed by atoms with E-state index in [0.717, 1.165) is 26.2 Å². The normalized spacial score (nSPS) is 11.4. The lowest BCUT2D eigenvalue weighted by molar-refractivity contribution is -0.295. The molecule has 0 aromatic carbocycles. The molecule has 0 heterocycles. The van der Waals surface area contributed by atoms with E-state index < -0.39 is 17.7 Å². The number of hydrogen-bond acceptors (Lipinski definition) is 5. The fraction of sp³-hybridized carbons (Fsp3) is 0.867. The van der Waals surface area contributed by atoms with Crippen LogP contribution in [0.4, 0.5) is 0 Å². The number of carbonyl (C=O) groups is 2. The molecule has 2 N–H and O–H groups in total. The largest absolute Gasteiger partial charge is 0.402 e. The van der Waals surface area contributed by atoms with Crippen LogP contribution in [0, 0.1) is 0 Å². The Kier molecular flexibility index (Phi) is 10.3. The van der Waals surface area contributed by atoms with Gasteiger partial charge in [-0.05, 0) is 6.42 Å². The minimum atomic E-state index is -2.98. The molecule has 0 atom stereocenters. The zero-order valence-electron chi connectivity index (χ0n) is 12.7. The molecular formula is C15H28O5. The Hall–Kier alpha value is -0.940. The SMILES string of the molecule is CCCCCCCCCCCC(=O)OC(O)(O)C(C)=O. The van der Waals surface area contributed by atoms with Crippen LogP contribution in [-0.2, 0) is 14.3 Å². The average Bonchev–Trinajstić information content (AvgIpc) is 2.36. The summed E-state index contributed by atoms with van der Waals surface area (Å²) in [6.07, 6.45) is 10.2. The number of esters is 1. The maximum absolute atomic E-state index is 11.3. The zero-order chi connectivity index (χ0) is 15.4. The van der Waals surface area contributed by atoms with Gasteiger partial charge in [-0.1, -0.05) is 58.3 Å². The molecule has 118 valence electrons. The number of unbranched alkanes of at least 4 members (excludes halogenated alkanes) is 8. The Balaban J connectivity index is 3.47. The van der Waals surface area contributed by atoms with Gasteiger partial charge < -0.3 is 14.9 Å². The van der Waals surface area contributed by atoms with Gasteiger partial charge in [-0.3, -0.25) is 9.59 Å². The summed E-state index contributed by atoms with van der Waals surface area (Å²) in [4.78, 5) is 22.0. The van der Waals surface area contributed by atoms with Crippen LogP contribution in [-0.4, -0.2) is 27.9 Å². The topological polar surface area (TPSA) is 83.8 Å². The van der Waals surface area contributed by atoms with Gasteiger partial charge in [0.15, 0.2) is 0 Å². The Bertz CT molecular complexity index is 286. The molecule has 5 heteroatoms. The summed E-state index contributed by atoms with van der Waals surface area (Å²) in [7, 11) is 0. The van der Waals surface area contributed by atoms with E-state index in [1.165, 1.54) is 32.1 Å². The highest BCUT2D eigenvalue weighted by atomic mass is 16.8. The highest BCUT2D eigenvalue weighted by Gasteiger charge is 2.34. The molecule has 5 nitrogen and oxygen atoms in total. The summed E-state index contributed by atoms with van der Waals surface area (Å²) < 4.78 is 4.29. The van der Waals surface area contributed by atoms with Crippen molar-refractivity contribution in [1.29, 1.82) is 0 Å². The number of ketones is 1. The van der Waals surface area contributed by atoms with Gasteiger partial charge in [0.1, 0.15) is 0 Å². The van der Waals surface area contributed by atoms with E-state index in [2.05, 4.69) is 11.7 Å². The second-order valence-corrected chi connectivity index (χ2v) is 5.22. The van der Waals surface area contributed by atoms with Gasteiger partial charge in [0, 0.05) is 13.3 Å². The van der Waals surface area contributed by atoms with Crippen molar-refractivity contribution in [3.05, 3.63) is 0 Å². The van der Waals surface area contributed by atoms with Gasteiger partial charge in [-0.2, -0.15) is 0 Å². The molecule has 0 aliphatic rings. The van der Waals surface area contributed by atoms with Crippen molar-refractivity contribution in [2.45, 2.75) is 84.0 Å². The molecule has 0 aromatic heterocycles. The molecule has 0 amide bonds. The fourth-order valence-corrected chi connectivity index (χ4v) is 1.86. The van der Waals surface area contributed by atoms with E-state index in [4.69, 9.17) is 10.2 Å². The third kappa shape index (κ3) is 9.92. The third-order valence-electron chi connectivity index (χ3n) is 3.20. The van der Waals surface area contributed by atoms with Gasteiger partial charge in [-0.15, -0.1) is 0 Å². The highest BCUT2D eigenvalue weighted by Crippen LogP contribution is 2.12. The Morgan fingerprint density at radius 1 is 0.900 bits per heavy atom. The van der Waals surface area contributed by atoms with Crippen LogP contribution in [0.3, 0.4) is 0 Å². The molecule has 0 saturated carbocycles. The smallest absolute Gasteiger partial charge is 0.387 e. The number of hydrogen-bond donors (Lipinski definition) is 2. The summed E-state index contributed by atoms with van der Waals surface area (Å²) in [6.45, 7) is 3.14. The van der Waals surface area contributed by atoms with Crippen LogP contribution < -0.4 is 0 Å². The maximum Gasteiger partial charge on any atom is 0.387 e. The molecule has 0 aromatic rings. The molecule has 0 aliphatic carbocycles. The Morgan fingerprint density at radius 2 is 1.35 bits per heavy atom. The van der Waals surface area contributed by atoms with E-state index >= 15 is 0 Å². The number of Topliss-reactive ketones (excluding diaryl/α,β-unsaturated/α-hetero) is 1. The summed E-state index contributed by atoms with van der Waals surface area (Å²) in [5.74, 6) is -4.73. The molecule has 0 radical (unpaired) electrons. The van der Waals surface area contributed by atoms with Crippen molar-refractivity contribution in [3.63, 3.8) is 0 Å². The van der Waals surface area contributed by atoms with Crippen LogP contribution in [0.1, 0.15) is 78.1 Å². The second-order valence-electron chi connectivity index (χ2n) is 5.22. The molecule has 0 saturated heterocycles. The Labute approximate surface area is 121 Å². The van der Waals surface area contributed by atoms with Crippen molar-refractivity contribution in [2.24, 2.45) is 0 Å².